The molecule has 0 spiro atoms. The van der Waals surface area contributed by atoms with Gasteiger partial charge in [0.2, 0.25) is 5.88 Å². The lowest BCUT2D eigenvalue weighted by Crippen LogP contribution is -2.49. The summed E-state index contributed by atoms with van der Waals surface area (Å²) in [5.41, 5.74) is 0.472. The van der Waals surface area contributed by atoms with Crippen molar-refractivity contribution in [2.24, 2.45) is 0 Å². The highest BCUT2D eigenvalue weighted by molar-refractivity contribution is 6.32. The number of carbonyl (C=O) groups excluding carboxylic acids is 1. The molecular weight excluding hydrogens is 346 g/mol. The molecule has 0 aliphatic carbocycles. The van der Waals surface area contributed by atoms with Crippen molar-refractivity contribution < 1.29 is 19.4 Å². The lowest BCUT2D eigenvalue weighted by Gasteiger charge is -2.34. The average Bonchev–Trinajstić information content (AvgIpc) is 2.64. The molecule has 1 aromatic rings. The van der Waals surface area contributed by atoms with Crippen LogP contribution in [0.3, 0.4) is 0 Å². The molecule has 0 bridgehead atoms. The van der Waals surface area contributed by atoms with E-state index in [1.54, 1.807) is 11.0 Å². The fourth-order valence-electron chi connectivity index (χ4n) is 3.08. The standard InChI is InChI=1S/C17H24ClN3O4/c18-15-11-13(12-19-16(15)25-14-1-9-24-10-2-14)17(23)21-5-3-20(4-6-21)7-8-22/h11-12,14,22H,1-10H2. The van der Waals surface area contributed by atoms with Crippen molar-refractivity contribution in [2.45, 2.75) is 18.9 Å². The van der Waals surface area contributed by atoms with Crippen LogP contribution in [0.4, 0.5) is 0 Å². The number of pyridine rings is 1. The summed E-state index contributed by atoms with van der Waals surface area (Å²) in [7, 11) is 0. The predicted molar refractivity (Wildman–Crippen MR) is 93.1 cm³/mol. The molecule has 138 valence electrons. The van der Waals surface area contributed by atoms with Crippen LogP contribution < -0.4 is 4.74 Å². The van der Waals surface area contributed by atoms with E-state index in [0.29, 0.717) is 49.3 Å². The number of amides is 1. The van der Waals surface area contributed by atoms with E-state index < -0.39 is 0 Å². The first-order valence-electron chi connectivity index (χ1n) is 8.70. The summed E-state index contributed by atoms with van der Waals surface area (Å²) in [4.78, 5) is 20.8. The molecule has 0 atom stereocenters. The Bertz CT molecular complexity index is 587. The zero-order chi connectivity index (χ0) is 17.6. The van der Waals surface area contributed by atoms with Crippen LogP contribution >= 0.6 is 11.6 Å². The van der Waals surface area contributed by atoms with Gasteiger partial charge in [0, 0.05) is 51.8 Å². The van der Waals surface area contributed by atoms with E-state index in [0.717, 1.165) is 25.9 Å². The van der Waals surface area contributed by atoms with Gasteiger partial charge in [-0.1, -0.05) is 11.6 Å². The summed E-state index contributed by atoms with van der Waals surface area (Å²) in [6, 6.07) is 1.63. The molecule has 0 radical (unpaired) electrons. The van der Waals surface area contributed by atoms with Gasteiger partial charge in [0.1, 0.15) is 11.1 Å². The van der Waals surface area contributed by atoms with E-state index in [-0.39, 0.29) is 18.6 Å². The van der Waals surface area contributed by atoms with E-state index in [1.807, 2.05) is 0 Å². The minimum Gasteiger partial charge on any atom is -0.473 e. The molecule has 2 saturated heterocycles. The van der Waals surface area contributed by atoms with Gasteiger partial charge in [-0.3, -0.25) is 9.69 Å². The minimum atomic E-state index is -0.0735. The molecular formula is C17H24ClN3O4. The van der Waals surface area contributed by atoms with Crippen molar-refractivity contribution in [2.75, 3.05) is 52.5 Å². The number of hydrogen-bond acceptors (Lipinski definition) is 6. The number of halogens is 1. The van der Waals surface area contributed by atoms with Crippen molar-refractivity contribution in [1.82, 2.24) is 14.8 Å². The van der Waals surface area contributed by atoms with Crippen molar-refractivity contribution in [3.63, 3.8) is 0 Å². The van der Waals surface area contributed by atoms with Crippen molar-refractivity contribution in [3.05, 3.63) is 22.8 Å². The van der Waals surface area contributed by atoms with E-state index >= 15 is 0 Å². The number of carbonyl (C=O) groups is 1. The summed E-state index contributed by atoms with van der Waals surface area (Å²) in [5, 5.41) is 9.34. The molecule has 1 N–H and O–H groups in total. The van der Waals surface area contributed by atoms with Gasteiger partial charge < -0.3 is 19.5 Å². The summed E-state index contributed by atoms with van der Waals surface area (Å²) < 4.78 is 11.1. The zero-order valence-electron chi connectivity index (χ0n) is 14.2. The van der Waals surface area contributed by atoms with Crippen LogP contribution in [0.1, 0.15) is 23.2 Å². The number of rotatable bonds is 5. The monoisotopic (exact) mass is 369 g/mol. The maximum atomic E-state index is 12.6. The summed E-state index contributed by atoms with van der Waals surface area (Å²) in [6.45, 7) is 4.95. The third-order valence-corrected chi connectivity index (χ3v) is 4.85. The van der Waals surface area contributed by atoms with Crippen LogP contribution in [-0.2, 0) is 4.74 Å². The van der Waals surface area contributed by atoms with Crippen LogP contribution in [0.25, 0.3) is 0 Å². The average molecular weight is 370 g/mol. The molecule has 0 saturated carbocycles. The van der Waals surface area contributed by atoms with Crippen LogP contribution in [0.5, 0.6) is 5.88 Å². The zero-order valence-corrected chi connectivity index (χ0v) is 15.0. The predicted octanol–water partition coefficient (Wildman–Crippen LogP) is 1.04. The van der Waals surface area contributed by atoms with Crippen molar-refractivity contribution in [3.8, 4) is 5.88 Å². The second-order valence-corrected chi connectivity index (χ2v) is 6.71. The van der Waals surface area contributed by atoms with Gasteiger partial charge in [-0.15, -0.1) is 0 Å². The third-order valence-electron chi connectivity index (χ3n) is 4.58. The molecule has 2 aliphatic rings. The fraction of sp³-hybridized carbons (Fsp3) is 0.647. The van der Waals surface area contributed by atoms with E-state index in [1.165, 1.54) is 6.20 Å². The quantitative estimate of drug-likeness (QED) is 0.836. The molecule has 0 aromatic carbocycles. The Balaban J connectivity index is 1.59. The van der Waals surface area contributed by atoms with Gasteiger partial charge >= 0.3 is 0 Å². The molecule has 3 rings (SSSR count). The number of hydrogen-bond donors (Lipinski definition) is 1. The molecule has 2 aliphatic heterocycles. The van der Waals surface area contributed by atoms with Crippen LogP contribution in [0, 0.1) is 0 Å². The minimum absolute atomic E-state index is 0.0555. The fourth-order valence-corrected chi connectivity index (χ4v) is 3.29. The second-order valence-electron chi connectivity index (χ2n) is 6.30. The molecule has 3 heterocycles. The molecule has 7 nitrogen and oxygen atoms in total. The lowest BCUT2D eigenvalue weighted by atomic mass is 10.1. The Morgan fingerprint density at radius 2 is 2.04 bits per heavy atom. The number of aliphatic hydroxyl groups excluding tert-OH is 1. The summed E-state index contributed by atoms with van der Waals surface area (Å²) in [5.74, 6) is 0.300. The number of β-amino-alcohol motifs (C(OH)–C–C–N with tert-alkyl or cyclic N) is 1. The van der Waals surface area contributed by atoms with Crippen LogP contribution in [0.15, 0.2) is 12.3 Å². The van der Waals surface area contributed by atoms with Crippen molar-refractivity contribution >= 4 is 17.5 Å². The Hall–Kier alpha value is -1.41. The molecule has 1 aromatic heterocycles. The van der Waals surface area contributed by atoms with Gasteiger partial charge in [0.05, 0.1) is 25.4 Å². The second kappa shape index (κ2) is 8.80. The van der Waals surface area contributed by atoms with Gasteiger partial charge in [-0.2, -0.15) is 0 Å². The maximum absolute atomic E-state index is 12.6. The highest BCUT2D eigenvalue weighted by atomic mass is 35.5. The Labute approximate surface area is 152 Å². The highest BCUT2D eigenvalue weighted by Crippen LogP contribution is 2.26. The first kappa shape index (κ1) is 18.4. The number of nitrogens with zero attached hydrogens (tertiary/aromatic N) is 3. The largest absolute Gasteiger partial charge is 0.473 e. The molecule has 2 fully saturated rings. The molecule has 25 heavy (non-hydrogen) atoms. The molecule has 0 unspecified atom stereocenters. The smallest absolute Gasteiger partial charge is 0.255 e. The number of ether oxygens (including phenoxy) is 2. The number of aliphatic hydroxyl groups is 1. The summed E-state index contributed by atoms with van der Waals surface area (Å²) >= 11 is 6.27. The topological polar surface area (TPSA) is 75.1 Å². The van der Waals surface area contributed by atoms with Crippen LogP contribution in [-0.4, -0.2) is 84.4 Å². The van der Waals surface area contributed by atoms with E-state index in [4.69, 9.17) is 26.2 Å². The molecule has 1 amide bonds. The first-order chi connectivity index (χ1) is 12.2. The molecule has 8 heteroatoms. The number of aromatic nitrogens is 1. The SMILES string of the molecule is O=C(c1cnc(OC2CCOCC2)c(Cl)c1)N1CCN(CCO)CC1. The van der Waals surface area contributed by atoms with Gasteiger partial charge in [-0.25, -0.2) is 4.98 Å². The Kier molecular flexibility index (Phi) is 6.47. The Morgan fingerprint density at radius 3 is 2.68 bits per heavy atom. The van der Waals surface area contributed by atoms with Gasteiger partial charge in [-0.05, 0) is 6.07 Å². The third kappa shape index (κ3) is 4.82. The van der Waals surface area contributed by atoms with E-state index in [9.17, 15) is 4.79 Å². The van der Waals surface area contributed by atoms with Crippen molar-refractivity contribution in [1.29, 1.82) is 0 Å². The van der Waals surface area contributed by atoms with Crippen LogP contribution in [0.2, 0.25) is 5.02 Å². The maximum Gasteiger partial charge on any atom is 0.255 e. The van der Waals surface area contributed by atoms with Gasteiger partial charge in [0.15, 0.2) is 0 Å². The lowest BCUT2D eigenvalue weighted by molar-refractivity contribution is 0.0237. The number of piperazine rings is 1. The first-order valence-corrected chi connectivity index (χ1v) is 9.07. The van der Waals surface area contributed by atoms with Gasteiger partial charge in [0.25, 0.3) is 5.91 Å². The van der Waals surface area contributed by atoms with E-state index in [2.05, 4.69) is 9.88 Å². The normalized spacial score (nSPS) is 19.8. The summed E-state index contributed by atoms with van der Waals surface area (Å²) in [6.07, 6.45) is 3.22. The highest BCUT2D eigenvalue weighted by Gasteiger charge is 2.23. The Morgan fingerprint density at radius 1 is 1.32 bits per heavy atom.